The molecule has 3 rings (SSSR count). The number of piperidine rings is 1. The molecule has 126 valence electrons. The van der Waals surface area contributed by atoms with Crippen molar-refractivity contribution in [1.82, 2.24) is 9.88 Å². The third kappa shape index (κ3) is 3.65. The molecule has 0 saturated carbocycles. The van der Waals surface area contributed by atoms with E-state index in [-0.39, 0.29) is 34.6 Å². The van der Waals surface area contributed by atoms with Gasteiger partial charge in [0.25, 0.3) is 0 Å². The number of aromatic nitrogens is 1. The number of likely N-dealkylation sites (tertiary alicyclic amines) is 1. The Hall–Kier alpha value is -1.79. The van der Waals surface area contributed by atoms with Crippen LogP contribution >= 0.6 is 22.9 Å². The molecule has 1 aliphatic heterocycles. The highest BCUT2D eigenvalue weighted by Gasteiger charge is 2.29. The number of Topliss-reactive ketones (excluding diaryl/α,β-unsaturated/α-hetero) is 1. The van der Waals surface area contributed by atoms with Crippen molar-refractivity contribution in [3.63, 3.8) is 0 Å². The van der Waals surface area contributed by atoms with Crippen LogP contribution in [-0.2, 0) is 11.2 Å². The summed E-state index contributed by atoms with van der Waals surface area (Å²) in [4.78, 5) is 30.4. The number of rotatable bonds is 4. The summed E-state index contributed by atoms with van der Waals surface area (Å²) < 4.78 is 13.8. The molecule has 1 amide bonds. The molecular weight excluding hydrogens is 351 g/mol. The first kappa shape index (κ1) is 17.0. The molecule has 1 fully saturated rings. The number of ketones is 1. The number of carbonyl (C=O) groups is 2. The molecular formula is C17H16ClFN2O2S. The van der Waals surface area contributed by atoms with E-state index in [4.69, 9.17) is 11.6 Å². The van der Waals surface area contributed by atoms with Gasteiger partial charge >= 0.3 is 0 Å². The SMILES string of the molecule is O=C(c1nccs1)C1CCN(C(=O)Cc2c(F)cccc2Cl)CC1. The molecule has 0 bridgehead atoms. The average molecular weight is 367 g/mol. The topological polar surface area (TPSA) is 50.3 Å². The van der Waals surface area contributed by atoms with Gasteiger partial charge < -0.3 is 4.90 Å². The minimum atomic E-state index is -0.468. The molecule has 4 nitrogen and oxygen atoms in total. The van der Waals surface area contributed by atoms with Gasteiger partial charge in [0.1, 0.15) is 5.82 Å². The maximum atomic E-state index is 13.8. The van der Waals surface area contributed by atoms with Crippen LogP contribution in [0.4, 0.5) is 4.39 Å². The van der Waals surface area contributed by atoms with Crippen molar-refractivity contribution in [2.45, 2.75) is 19.3 Å². The Balaban J connectivity index is 1.58. The molecule has 0 unspecified atom stereocenters. The first-order chi connectivity index (χ1) is 11.6. The zero-order chi connectivity index (χ0) is 17.1. The maximum Gasteiger partial charge on any atom is 0.227 e. The normalized spacial score (nSPS) is 15.5. The van der Waals surface area contributed by atoms with Crippen molar-refractivity contribution >= 4 is 34.6 Å². The van der Waals surface area contributed by atoms with Crippen molar-refractivity contribution < 1.29 is 14.0 Å². The van der Waals surface area contributed by atoms with Gasteiger partial charge in [0.2, 0.25) is 5.91 Å². The third-order valence-electron chi connectivity index (χ3n) is 4.25. The molecule has 0 atom stereocenters. The van der Waals surface area contributed by atoms with Gasteiger partial charge in [0, 0.05) is 41.2 Å². The Morgan fingerprint density at radius 2 is 2.08 bits per heavy atom. The Bertz CT molecular complexity index is 723. The standard InChI is InChI=1S/C17H16ClFN2O2S/c18-13-2-1-3-14(19)12(13)10-15(22)21-7-4-11(5-8-21)16(23)17-20-6-9-24-17/h1-3,6,9,11H,4-5,7-8,10H2. The number of nitrogens with zero attached hydrogens (tertiary/aromatic N) is 2. The first-order valence-corrected chi connectivity index (χ1v) is 8.96. The van der Waals surface area contributed by atoms with Crippen molar-refractivity contribution in [2.24, 2.45) is 5.92 Å². The van der Waals surface area contributed by atoms with Crippen LogP contribution in [0.15, 0.2) is 29.8 Å². The monoisotopic (exact) mass is 366 g/mol. The Labute approximate surface area is 148 Å². The van der Waals surface area contributed by atoms with Gasteiger partial charge in [-0.25, -0.2) is 9.37 Å². The number of hydrogen-bond donors (Lipinski definition) is 0. The van der Waals surface area contributed by atoms with Crippen molar-refractivity contribution in [2.75, 3.05) is 13.1 Å². The van der Waals surface area contributed by atoms with E-state index in [0.29, 0.717) is 30.9 Å². The van der Waals surface area contributed by atoms with Crippen LogP contribution in [0, 0.1) is 11.7 Å². The quantitative estimate of drug-likeness (QED) is 0.777. The van der Waals surface area contributed by atoms with Gasteiger partial charge in [-0.2, -0.15) is 0 Å². The lowest BCUT2D eigenvalue weighted by atomic mass is 9.92. The van der Waals surface area contributed by atoms with Crippen molar-refractivity contribution in [3.8, 4) is 0 Å². The zero-order valence-electron chi connectivity index (χ0n) is 12.9. The van der Waals surface area contributed by atoms with Crippen LogP contribution < -0.4 is 0 Å². The molecule has 0 aliphatic carbocycles. The molecule has 1 saturated heterocycles. The molecule has 1 aromatic heterocycles. The predicted molar refractivity (Wildman–Crippen MR) is 90.9 cm³/mol. The Morgan fingerprint density at radius 3 is 2.71 bits per heavy atom. The first-order valence-electron chi connectivity index (χ1n) is 7.70. The van der Waals surface area contributed by atoms with Gasteiger partial charge in [-0.3, -0.25) is 9.59 Å². The highest BCUT2D eigenvalue weighted by Crippen LogP contribution is 2.25. The summed E-state index contributed by atoms with van der Waals surface area (Å²) in [7, 11) is 0. The molecule has 0 N–H and O–H groups in total. The number of benzene rings is 1. The summed E-state index contributed by atoms with van der Waals surface area (Å²) in [6.07, 6.45) is 2.77. The highest BCUT2D eigenvalue weighted by atomic mass is 35.5. The van der Waals surface area contributed by atoms with E-state index >= 15 is 0 Å². The van der Waals surface area contributed by atoms with Crippen LogP contribution in [0.3, 0.4) is 0 Å². The molecule has 1 aliphatic rings. The molecule has 1 aromatic carbocycles. The number of halogens is 2. The lowest BCUT2D eigenvalue weighted by Gasteiger charge is -2.31. The summed E-state index contributed by atoms with van der Waals surface area (Å²) in [6.45, 7) is 0.985. The van der Waals surface area contributed by atoms with E-state index < -0.39 is 5.82 Å². The van der Waals surface area contributed by atoms with E-state index in [9.17, 15) is 14.0 Å². The van der Waals surface area contributed by atoms with Crippen molar-refractivity contribution in [3.05, 3.63) is 51.2 Å². The van der Waals surface area contributed by atoms with Gasteiger partial charge in [0.05, 0.1) is 6.42 Å². The zero-order valence-corrected chi connectivity index (χ0v) is 14.4. The van der Waals surface area contributed by atoms with E-state index in [1.807, 2.05) is 0 Å². The van der Waals surface area contributed by atoms with Crippen LogP contribution in [0.2, 0.25) is 5.02 Å². The van der Waals surface area contributed by atoms with E-state index in [2.05, 4.69) is 4.98 Å². The number of thiazole rings is 1. The molecule has 7 heteroatoms. The lowest BCUT2D eigenvalue weighted by Crippen LogP contribution is -2.41. The second kappa shape index (κ2) is 7.40. The maximum absolute atomic E-state index is 13.8. The van der Waals surface area contributed by atoms with E-state index in [1.54, 1.807) is 22.5 Å². The Kier molecular flexibility index (Phi) is 5.26. The van der Waals surface area contributed by atoms with Crippen LogP contribution in [-0.4, -0.2) is 34.7 Å². The van der Waals surface area contributed by atoms with E-state index in [1.165, 1.54) is 23.5 Å². The molecule has 24 heavy (non-hydrogen) atoms. The largest absolute Gasteiger partial charge is 0.342 e. The summed E-state index contributed by atoms with van der Waals surface area (Å²) in [5.41, 5.74) is 0.227. The summed E-state index contributed by atoms with van der Waals surface area (Å²) >= 11 is 7.31. The van der Waals surface area contributed by atoms with Gasteiger partial charge in [-0.1, -0.05) is 17.7 Å². The van der Waals surface area contributed by atoms with Crippen LogP contribution in [0.5, 0.6) is 0 Å². The van der Waals surface area contributed by atoms with Gasteiger partial charge in [-0.05, 0) is 25.0 Å². The van der Waals surface area contributed by atoms with Gasteiger partial charge in [0.15, 0.2) is 10.8 Å². The Morgan fingerprint density at radius 1 is 1.33 bits per heavy atom. The average Bonchev–Trinajstić information content (AvgIpc) is 3.12. The number of carbonyl (C=O) groups excluding carboxylic acids is 2. The second-order valence-corrected chi connectivity index (χ2v) is 7.04. The summed E-state index contributed by atoms with van der Waals surface area (Å²) in [6, 6.07) is 4.39. The fourth-order valence-corrected chi connectivity index (χ4v) is 3.76. The summed E-state index contributed by atoms with van der Waals surface area (Å²) in [5, 5.41) is 2.57. The smallest absolute Gasteiger partial charge is 0.227 e. The van der Waals surface area contributed by atoms with Gasteiger partial charge in [-0.15, -0.1) is 11.3 Å². The number of hydrogen-bond acceptors (Lipinski definition) is 4. The lowest BCUT2D eigenvalue weighted by molar-refractivity contribution is -0.131. The number of amides is 1. The fraction of sp³-hybridized carbons (Fsp3) is 0.353. The summed E-state index contributed by atoms with van der Waals surface area (Å²) in [5.74, 6) is -0.682. The minimum absolute atomic E-state index is 0.0502. The molecule has 0 radical (unpaired) electrons. The molecule has 2 aromatic rings. The molecule has 2 heterocycles. The fourth-order valence-electron chi connectivity index (χ4n) is 2.88. The third-order valence-corrected chi connectivity index (χ3v) is 5.39. The predicted octanol–water partition coefficient (Wildman–Crippen LogP) is 3.60. The van der Waals surface area contributed by atoms with Crippen LogP contribution in [0.1, 0.15) is 28.2 Å². The second-order valence-electron chi connectivity index (χ2n) is 5.73. The minimum Gasteiger partial charge on any atom is -0.342 e. The van der Waals surface area contributed by atoms with Crippen molar-refractivity contribution in [1.29, 1.82) is 0 Å². The molecule has 0 spiro atoms. The highest BCUT2D eigenvalue weighted by molar-refractivity contribution is 7.11. The van der Waals surface area contributed by atoms with E-state index in [0.717, 1.165) is 0 Å². The van der Waals surface area contributed by atoms with Crippen LogP contribution in [0.25, 0.3) is 0 Å².